The summed E-state index contributed by atoms with van der Waals surface area (Å²) in [6, 6.07) is 3.10. The molecule has 0 fully saturated rings. The Labute approximate surface area is 47.4 Å². The minimum Gasteiger partial charge on any atom is -0.0889 e. The van der Waals surface area contributed by atoms with Gasteiger partial charge in [-0.25, -0.2) is 0 Å². The number of rotatable bonds is 0. The van der Waals surface area contributed by atoms with E-state index in [1.807, 2.05) is 0 Å². The van der Waals surface area contributed by atoms with Gasteiger partial charge >= 0.3 is 0 Å². The number of hydrogen-bond donors (Lipinski definition) is 0. The lowest BCUT2D eigenvalue weighted by Crippen LogP contribution is -1.81. The van der Waals surface area contributed by atoms with Crippen LogP contribution in [0.25, 0.3) is 0 Å². The molecule has 0 aromatic heterocycles. The van der Waals surface area contributed by atoms with E-state index in [1.165, 1.54) is 12.8 Å². The van der Waals surface area contributed by atoms with E-state index in [1.54, 1.807) is 12.1 Å². The summed E-state index contributed by atoms with van der Waals surface area (Å²) in [4.78, 5) is 0. The zero-order chi connectivity index (χ0) is 4.95. The molecule has 1 rings (SSSR count). The molecule has 0 atom stereocenters. The Morgan fingerprint density at radius 3 is 2.14 bits per heavy atom. The first-order valence-corrected chi connectivity index (χ1v) is 5.15. The Morgan fingerprint density at radius 1 is 1.00 bits per heavy atom. The van der Waals surface area contributed by atoms with Crippen molar-refractivity contribution in [3.8, 4) is 0 Å². The average Bonchev–Trinajstić information content (AvgIpc) is 1.90. The van der Waals surface area contributed by atoms with Gasteiger partial charge in [0.25, 0.3) is 0 Å². The molecule has 0 unspecified atom stereocenters. The molecule has 0 N–H and O–H groups in total. The first-order valence-electron chi connectivity index (χ1n) is 3.15. The van der Waals surface area contributed by atoms with Gasteiger partial charge in [-0.05, 0) is 12.8 Å². The fourth-order valence-electron chi connectivity index (χ4n) is 0.937. The van der Waals surface area contributed by atoms with Crippen molar-refractivity contribution in [1.29, 1.82) is 0 Å². The molecule has 0 aliphatic carbocycles. The van der Waals surface area contributed by atoms with Gasteiger partial charge in [0.05, 0.1) is 0 Å². The van der Waals surface area contributed by atoms with E-state index in [2.05, 4.69) is 12.2 Å². The SMILES string of the molecule is C1=CCC[SiH2]CC1. The largest absolute Gasteiger partial charge is 0.0889 e. The van der Waals surface area contributed by atoms with Gasteiger partial charge in [-0.1, -0.05) is 24.2 Å². The van der Waals surface area contributed by atoms with Crippen molar-refractivity contribution in [3.63, 3.8) is 0 Å². The molecule has 0 amide bonds. The van der Waals surface area contributed by atoms with E-state index in [0.29, 0.717) is 9.52 Å². The van der Waals surface area contributed by atoms with Gasteiger partial charge in [0.1, 0.15) is 0 Å². The molecule has 0 saturated carbocycles. The van der Waals surface area contributed by atoms with Gasteiger partial charge in [0.15, 0.2) is 0 Å². The second-order valence-corrected chi connectivity index (χ2v) is 4.23. The van der Waals surface area contributed by atoms with Crippen molar-refractivity contribution in [2.24, 2.45) is 0 Å². The zero-order valence-electron chi connectivity index (χ0n) is 4.69. The first-order chi connectivity index (χ1) is 3.50. The predicted octanol–water partition coefficient (Wildman–Crippen LogP) is 1.34. The van der Waals surface area contributed by atoms with Crippen LogP contribution in [-0.4, -0.2) is 9.52 Å². The van der Waals surface area contributed by atoms with E-state index in [4.69, 9.17) is 0 Å². The molecule has 0 aromatic carbocycles. The lowest BCUT2D eigenvalue weighted by molar-refractivity contribution is 1.21. The molecule has 1 aliphatic heterocycles. The second kappa shape index (κ2) is 3.02. The van der Waals surface area contributed by atoms with Crippen LogP contribution >= 0.6 is 0 Å². The van der Waals surface area contributed by atoms with Gasteiger partial charge in [0, 0.05) is 9.52 Å². The molecule has 7 heavy (non-hydrogen) atoms. The Balaban J connectivity index is 2.20. The number of hydrogen-bond acceptors (Lipinski definition) is 0. The van der Waals surface area contributed by atoms with Crippen molar-refractivity contribution in [1.82, 2.24) is 0 Å². The molecule has 0 saturated heterocycles. The van der Waals surface area contributed by atoms with Crippen LogP contribution in [0, 0.1) is 0 Å². The molecule has 1 heterocycles. The van der Waals surface area contributed by atoms with Crippen LogP contribution in [0.2, 0.25) is 12.1 Å². The summed E-state index contributed by atoms with van der Waals surface area (Å²) in [5, 5.41) is 0. The third-order valence-corrected chi connectivity index (χ3v) is 3.22. The van der Waals surface area contributed by atoms with E-state index in [9.17, 15) is 0 Å². The summed E-state index contributed by atoms with van der Waals surface area (Å²) in [6.07, 6.45) is 7.43. The van der Waals surface area contributed by atoms with Gasteiger partial charge in [-0.2, -0.15) is 0 Å². The highest BCUT2D eigenvalue weighted by atomic mass is 28.2. The van der Waals surface area contributed by atoms with E-state index in [-0.39, 0.29) is 0 Å². The second-order valence-electron chi connectivity index (χ2n) is 2.11. The van der Waals surface area contributed by atoms with Crippen molar-refractivity contribution < 1.29 is 0 Å². The molecule has 0 aromatic rings. The van der Waals surface area contributed by atoms with Crippen molar-refractivity contribution in [2.45, 2.75) is 24.9 Å². The fraction of sp³-hybridized carbons (Fsp3) is 0.667. The molecule has 0 nitrogen and oxygen atoms in total. The predicted molar refractivity (Wildman–Crippen MR) is 36.5 cm³/mol. The Bertz CT molecular complexity index is 58.6. The molecular weight excluding hydrogens is 100 g/mol. The van der Waals surface area contributed by atoms with Gasteiger partial charge < -0.3 is 0 Å². The highest BCUT2D eigenvalue weighted by Gasteiger charge is 1.89. The Hall–Kier alpha value is -0.0431. The van der Waals surface area contributed by atoms with Gasteiger partial charge in [-0.15, -0.1) is 0 Å². The highest BCUT2D eigenvalue weighted by Crippen LogP contribution is 2.03. The van der Waals surface area contributed by atoms with Crippen LogP contribution in [-0.2, 0) is 0 Å². The molecule has 40 valence electrons. The van der Waals surface area contributed by atoms with Crippen LogP contribution in [0.1, 0.15) is 12.8 Å². The summed E-state index contributed by atoms with van der Waals surface area (Å²) in [5.74, 6) is 0. The fourth-order valence-corrected chi connectivity index (χ4v) is 2.34. The minimum atomic E-state index is 0.411. The lowest BCUT2D eigenvalue weighted by Gasteiger charge is -1.84. The molecule has 0 bridgehead atoms. The maximum absolute atomic E-state index is 2.33. The zero-order valence-corrected chi connectivity index (χ0v) is 6.10. The standard InChI is InChI=1S/C6H12Si/c1-2-4-6-7-5-3-1/h1-2H,3-7H2. The van der Waals surface area contributed by atoms with Crippen molar-refractivity contribution in [2.75, 3.05) is 0 Å². The van der Waals surface area contributed by atoms with Gasteiger partial charge in [-0.3, -0.25) is 0 Å². The van der Waals surface area contributed by atoms with Crippen molar-refractivity contribution in [3.05, 3.63) is 12.2 Å². The molecular formula is C6H12Si. The lowest BCUT2D eigenvalue weighted by atomic mass is 10.4. The topological polar surface area (TPSA) is 0 Å². The summed E-state index contributed by atoms with van der Waals surface area (Å²) < 4.78 is 0. The van der Waals surface area contributed by atoms with E-state index >= 15 is 0 Å². The van der Waals surface area contributed by atoms with Gasteiger partial charge in [0.2, 0.25) is 0 Å². The average molecular weight is 112 g/mol. The Kier molecular flexibility index (Phi) is 2.20. The molecule has 1 aliphatic rings. The third kappa shape index (κ3) is 1.93. The monoisotopic (exact) mass is 112 g/mol. The van der Waals surface area contributed by atoms with Crippen LogP contribution in [0.3, 0.4) is 0 Å². The van der Waals surface area contributed by atoms with E-state index < -0.39 is 0 Å². The summed E-state index contributed by atoms with van der Waals surface area (Å²) in [6.45, 7) is 0. The maximum atomic E-state index is 2.33. The first kappa shape index (κ1) is 5.10. The summed E-state index contributed by atoms with van der Waals surface area (Å²) in [5.41, 5.74) is 0. The van der Waals surface area contributed by atoms with Crippen LogP contribution in [0.4, 0.5) is 0 Å². The van der Waals surface area contributed by atoms with Crippen molar-refractivity contribution >= 4 is 9.52 Å². The third-order valence-electron chi connectivity index (χ3n) is 1.41. The maximum Gasteiger partial charge on any atom is 0.0204 e. The summed E-state index contributed by atoms with van der Waals surface area (Å²) >= 11 is 0. The van der Waals surface area contributed by atoms with Crippen LogP contribution in [0.15, 0.2) is 12.2 Å². The highest BCUT2D eigenvalue weighted by molar-refractivity contribution is 6.35. The Morgan fingerprint density at radius 2 is 1.57 bits per heavy atom. The normalized spacial score (nSPS) is 21.7. The molecule has 0 radical (unpaired) electrons. The van der Waals surface area contributed by atoms with E-state index in [0.717, 1.165) is 0 Å². The molecule has 0 spiro atoms. The molecule has 1 heteroatoms. The quantitative estimate of drug-likeness (QED) is 0.328. The minimum absolute atomic E-state index is 0.411. The summed E-state index contributed by atoms with van der Waals surface area (Å²) in [7, 11) is 0.411. The van der Waals surface area contributed by atoms with Crippen LogP contribution in [0.5, 0.6) is 0 Å². The number of allylic oxidation sites excluding steroid dienone is 2. The van der Waals surface area contributed by atoms with Crippen LogP contribution < -0.4 is 0 Å². The smallest absolute Gasteiger partial charge is 0.0204 e.